The Bertz CT molecular complexity index is 416. The van der Waals surface area contributed by atoms with Crippen LogP contribution in [0, 0.1) is 0 Å². The molecular weight excluding hydrogens is 238 g/mol. The van der Waals surface area contributed by atoms with E-state index in [4.69, 9.17) is 11.6 Å². The quantitative estimate of drug-likeness (QED) is 0.757. The summed E-state index contributed by atoms with van der Waals surface area (Å²) in [6.45, 7) is 3.75. The Hall–Kier alpha value is -1.26. The third-order valence-electron chi connectivity index (χ3n) is 2.91. The lowest BCUT2D eigenvalue weighted by Gasteiger charge is -2.24. The summed E-state index contributed by atoms with van der Waals surface area (Å²) in [5.74, 6) is 0. The van der Waals surface area contributed by atoms with Crippen LogP contribution in [0.15, 0.2) is 24.3 Å². The van der Waals surface area contributed by atoms with Gasteiger partial charge < -0.3 is 16.0 Å². The summed E-state index contributed by atoms with van der Waals surface area (Å²) < 4.78 is 0. The number of anilines is 1. The van der Waals surface area contributed by atoms with Gasteiger partial charge in [-0.1, -0.05) is 23.7 Å². The summed E-state index contributed by atoms with van der Waals surface area (Å²) in [6.07, 6.45) is 0.933. The molecule has 0 saturated carbocycles. The zero-order chi connectivity index (χ0) is 12.3. The third-order valence-corrected chi connectivity index (χ3v) is 3.24. The predicted octanol–water partition coefficient (Wildman–Crippen LogP) is 2.21. The van der Waals surface area contributed by atoms with E-state index in [1.165, 1.54) is 0 Å². The van der Waals surface area contributed by atoms with E-state index in [1.807, 2.05) is 19.1 Å². The molecule has 1 fully saturated rings. The minimum absolute atomic E-state index is 0.175. The summed E-state index contributed by atoms with van der Waals surface area (Å²) in [4.78, 5) is 11.8. The van der Waals surface area contributed by atoms with Crippen molar-refractivity contribution in [1.29, 1.82) is 0 Å². The molecule has 3 N–H and O–H groups in total. The van der Waals surface area contributed by atoms with Gasteiger partial charge in [-0.25, -0.2) is 4.79 Å². The van der Waals surface area contributed by atoms with Gasteiger partial charge in [0.15, 0.2) is 0 Å². The molecule has 92 valence electrons. The largest absolute Gasteiger partial charge is 0.331 e. The standard InChI is InChI=1S/C12H16ClN3O/c1-12(6-7-14-8-12)16-11(17)15-10-5-3-2-4-9(10)13/h2-5,14H,6-8H2,1H3,(H2,15,16,17). The van der Waals surface area contributed by atoms with Crippen molar-refractivity contribution in [1.82, 2.24) is 10.6 Å². The van der Waals surface area contributed by atoms with E-state index in [2.05, 4.69) is 16.0 Å². The number of benzene rings is 1. The zero-order valence-electron chi connectivity index (χ0n) is 9.72. The van der Waals surface area contributed by atoms with Crippen molar-refractivity contribution in [3.05, 3.63) is 29.3 Å². The molecule has 1 aliphatic rings. The average molecular weight is 254 g/mol. The van der Waals surface area contributed by atoms with E-state index in [1.54, 1.807) is 12.1 Å². The average Bonchev–Trinajstić information content (AvgIpc) is 2.68. The number of hydrogen-bond donors (Lipinski definition) is 3. The van der Waals surface area contributed by atoms with Crippen LogP contribution in [0.5, 0.6) is 0 Å². The fourth-order valence-corrected chi connectivity index (χ4v) is 2.10. The van der Waals surface area contributed by atoms with Crippen LogP contribution in [0.3, 0.4) is 0 Å². The first-order valence-electron chi connectivity index (χ1n) is 5.63. The SMILES string of the molecule is CC1(NC(=O)Nc2ccccc2Cl)CCNC1. The second-order valence-electron chi connectivity index (χ2n) is 4.55. The van der Waals surface area contributed by atoms with E-state index in [0.29, 0.717) is 10.7 Å². The minimum atomic E-state index is -0.218. The number of amides is 2. The maximum absolute atomic E-state index is 11.8. The predicted molar refractivity (Wildman–Crippen MR) is 69.5 cm³/mol. The van der Waals surface area contributed by atoms with Crippen molar-refractivity contribution in [2.75, 3.05) is 18.4 Å². The Morgan fingerprint density at radius 1 is 1.47 bits per heavy atom. The van der Waals surface area contributed by atoms with E-state index < -0.39 is 0 Å². The van der Waals surface area contributed by atoms with Gasteiger partial charge in [0.05, 0.1) is 16.2 Å². The fraction of sp³-hybridized carbons (Fsp3) is 0.417. The number of rotatable bonds is 2. The van der Waals surface area contributed by atoms with Crippen LogP contribution < -0.4 is 16.0 Å². The number of hydrogen-bond acceptors (Lipinski definition) is 2. The molecule has 1 atom stereocenters. The zero-order valence-corrected chi connectivity index (χ0v) is 10.5. The minimum Gasteiger partial charge on any atom is -0.331 e. The highest BCUT2D eigenvalue weighted by molar-refractivity contribution is 6.33. The highest BCUT2D eigenvalue weighted by Gasteiger charge is 2.30. The maximum atomic E-state index is 11.8. The Morgan fingerprint density at radius 2 is 2.24 bits per heavy atom. The maximum Gasteiger partial charge on any atom is 0.319 e. The molecule has 1 aliphatic heterocycles. The molecule has 17 heavy (non-hydrogen) atoms. The molecule has 0 aliphatic carbocycles. The van der Waals surface area contributed by atoms with Gasteiger partial charge in [0.2, 0.25) is 0 Å². The topological polar surface area (TPSA) is 53.2 Å². The van der Waals surface area contributed by atoms with Crippen LogP contribution in [0.2, 0.25) is 5.02 Å². The van der Waals surface area contributed by atoms with Crippen molar-refractivity contribution in [3.63, 3.8) is 0 Å². The number of carbonyl (C=O) groups excluding carboxylic acids is 1. The van der Waals surface area contributed by atoms with Gasteiger partial charge >= 0.3 is 6.03 Å². The molecule has 1 aromatic carbocycles. The summed E-state index contributed by atoms with van der Waals surface area (Å²) in [6, 6.07) is 6.96. The molecule has 0 radical (unpaired) electrons. The van der Waals surface area contributed by atoms with Gasteiger partial charge in [-0.3, -0.25) is 0 Å². The molecule has 2 amide bonds. The molecule has 0 bridgehead atoms. The third kappa shape index (κ3) is 3.11. The van der Waals surface area contributed by atoms with E-state index in [9.17, 15) is 4.79 Å². The van der Waals surface area contributed by atoms with E-state index in [0.717, 1.165) is 19.5 Å². The van der Waals surface area contributed by atoms with Gasteiger partial charge in [-0.05, 0) is 32.0 Å². The van der Waals surface area contributed by atoms with Crippen molar-refractivity contribution < 1.29 is 4.79 Å². The molecule has 1 aromatic rings. The van der Waals surface area contributed by atoms with Crippen LogP contribution in [0.25, 0.3) is 0 Å². The molecule has 0 aromatic heterocycles. The summed E-state index contributed by atoms with van der Waals surface area (Å²) in [5, 5.41) is 9.48. The normalized spacial score (nSPS) is 23.4. The van der Waals surface area contributed by atoms with Crippen LogP contribution >= 0.6 is 11.6 Å². The Kier molecular flexibility index (Phi) is 3.54. The van der Waals surface area contributed by atoms with Crippen molar-refractivity contribution >= 4 is 23.3 Å². The summed E-state index contributed by atoms with van der Waals surface area (Å²) >= 11 is 5.96. The highest BCUT2D eigenvalue weighted by Crippen LogP contribution is 2.20. The van der Waals surface area contributed by atoms with Gasteiger partial charge in [-0.2, -0.15) is 0 Å². The van der Waals surface area contributed by atoms with Crippen LogP contribution in [0.4, 0.5) is 10.5 Å². The number of carbonyl (C=O) groups is 1. The number of para-hydroxylation sites is 1. The lowest BCUT2D eigenvalue weighted by atomic mass is 10.0. The summed E-state index contributed by atoms with van der Waals surface area (Å²) in [5.41, 5.74) is 0.451. The molecule has 2 rings (SSSR count). The van der Waals surface area contributed by atoms with Crippen LogP contribution in [0.1, 0.15) is 13.3 Å². The molecule has 5 heteroatoms. The van der Waals surface area contributed by atoms with Gasteiger partial charge in [0.1, 0.15) is 0 Å². The monoisotopic (exact) mass is 253 g/mol. The van der Waals surface area contributed by atoms with Gasteiger partial charge in [0.25, 0.3) is 0 Å². The summed E-state index contributed by atoms with van der Waals surface area (Å²) in [7, 11) is 0. The van der Waals surface area contributed by atoms with Crippen molar-refractivity contribution in [2.24, 2.45) is 0 Å². The fourth-order valence-electron chi connectivity index (χ4n) is 1.91. The number of halogens is 1. The Morgan fingerprint density at radius 3 is 2.88 bits per heavy atom. The van der Waals surface area contributed by atoms with E-state index in [-0.39, 0.29) is 11.6 Å². The molecule has 0 spiro atoms. The Labute approximate surface area is 106 Å². The van der Waals surface area contributed by atoms with Crippen LogP contribution in [-0.4, -0.2) is 24.7 Å². The second kappa shape index (κ2) is 4.94. The first-order valence-corrected chi connectivity index (χ1v) is 6.01. The molecule has 1 saturated heterocycles. The molecule has 1 unspecified atom stereocenters. The van der Waals surface area contributed by atoms with Crippen LogP contribution in [-0.2, 0) is 0 Å². The second-order valence-corrected chi connectivity index (χ2v) is 4.95. The lowest BCUT2D eigenvalue weighted by molar-refractivity contribution is 0.241. The van der Waals surface area contributed by atoms with Crippen molar-refractivity contribution in [3.8, 4) is 0 Å². The smallest absolute Gasteiger partial charge is 0.319 e. The number of urea groups is 1. The number of nitrogens with one attached hydrogen (secondary N) is 3. The lowest BCUT2D eigenvalue weighted by Crippen LogP contribution is -2.49. The van der Waals surface area contributed by atoms with Gasteiger partial charge in [-0.15, -0.1) is 0 Å². The first-order chi connectivity index (χ1) is 8.09. The highest BCUT2D eigenvalue weighted by atomic mass is 35.5. The molecule has 4 nitrogen and oxygen atoms in total. The van der Waals surface area contributed by atoms with E-state index >= 15 is 0 Å². The molecule has 1 heterocycles. The van der Waals surface area contributed by atoms with Crippen molar-refractivity contribution in [2.45, 2.75) is 18.9 Å². The first kappa shape index (κ1) is 12.2. The molecular formula is C12H16ClN3O. The van der Waals surface area contributed by atoms with Gasteiger partial charge in [0, 0.05) is 6.54 Å². The Balaban J connectivity index is 1.96.